The molecule has 3 rings (SSSR count). The monoisotopic (exact) mass is 520 g/mol. The van der Waals surface area contributed by atoms with Crippen molar-refractivity contribution >= 4 is 41.0 Å². The number of hydrazine groups is 1. The Kier molecular flexibility index (Phi) is 9.13. The quantitative estimate of drug-likeness (QED) is 0.326. The number of alkyl carbamates (subject to hydrolysis) is 1. The molecule has 0 saturated carbocycles. The molecular weight excluding hydrogens is 487 g/mol. The fourth-order valence-electron chi connectivity index (χ4n) is 3.54. The SMILES string of the molecule is CC(C)C[C@H](NC(=O)OC(C)(C)C)C(=O)Oc1cc(F)ccc1C=C1SC(N2CCCCN2)=NC1=O. The highest BCUT2D eigenvalue weighted by Crippen LogP contribution is 2.33. The second-order valence-electron chi connectivity index (χ2n) is 10.0. The molecule has 2 amide bonds. The standard InChI is InChI=1S/C25H33FN4O5S/c1-15(2)12-18(28-24(33)35-25(3,4)5)22(32)34-19-14-17(26)9-8-16(19)13-20-21(31)29-23(36-20)30-11-7-6-10-27-30/h8-9,13-15,18,27H,6-7,10-12H2,1-5H3,(H,28,33)/t18-/m0/s1. The number of carbonyl (C=O) groups excluding carboxylic acids is 3. The van der Waals surface area contributed by atoms with Gasteiger partial charge in [0, 0.05) is 24.7 Å². The predicted molar refractivity (Wildman–Crippen MR) is 137 cm³/mol. The van der Waals surface area contributed by atoms with Crippen molar-refractivity contribution in [2.75, 3.05) is 13.1 Å². The molecule has 2 aliphatic rings. The maximum atomic E-state index is 14.1. The van der Waals surface area contributed by atoms with Crippen LogP contribution in [0.1, 0.15) is 59.4 Å². The molecule has 1 atom stereocenters. The first-order chi connectivity index (χ1) is 16.9. The van der Waals surface area contributed by atoms with Gasteiger partial charge in [0.1, 0.15) is 23.2 Å². The molecular formula is C25H33FN4O5S. The highest BCUT2D eigenvalue weighted by molar-refractivity contribution is 8.18. The van der Waals surface area contributed by atoms with Gasteiger partial charge >= 0.3 is 12.1 Å². The third-order valence-electron chi connectivity index (χ3n) is 5.11. The third kappa shape index (κ3) is 8.06. The Bertz CT molecular complexity index is 1060. The van der Waals surface area contributed by atoms with Crippen molar-refractivity contribution in [2.24, 2.45) is 10.9 Å². The van der Waals surface area contributed by atoms with E-state index in [2.05, 4.69) is 15.7 Å². The zero-order valence-corrected chi connectivity index (χ0v) is 22.0. The lowest BCUT2D eigenvalue weighted by Gasteiger charge is -2.28. The van der Waals surface area contributed by atoms with Gasteiger partial charge in [0.25, 0.3) is 5.91 Å². The van der Waals surface area contributed by atoms with E-state index in [1.54, 1.807) is 20.8 Å². The Balaban J connectivity index is 1.78. The highest BCUT2D eigenvalue weighted by atomic mass is 32.2. The van der Waals surface area contributed by atoms with E-state index in [-0.39, 0.29) is 18.1 Å². The van der Waals surface area contributed by atoms with Crippen molar-refractivity contribution in [1.29, 1.82) is 0 Å². The molecule has 1 aromatic rings. The molecule has 1 saturated heterocycles. The number of thioether (sulfide) groups is 1. The summed E-state index contributed by atoms with van der Waals surface area (Å²) in [5, 5.41) is 4.94. The second kappa shape index (κ2) is 11.9. The molecule has 2 aliphatic heterocycles. The summed E-state index contributed by atoms with van der Waals surface area (Å²) >= 11 is 1.20. The molecule has 0 bridgehead atoms. The Morgan fingerprint density at radius 2 is 2.06 bits per heavy atom. The minimum atomic E-state index is -1.01. The number of nitrogens with one attached hydrogen (secondary N) is 2. The average Bonchev–Trinajstić information content (AvgIpc) is 3.14. The molecule has 2 heterocycles. The van der Waals surface area contributed by atoms with Crippen molar-refractivity contribution in [1.82, 2.24) is 15.8 Å². The van der Waals surface area contributed by atoms with Crippen LogP contribution in [0.25, 0.3) is 6.08 Å². The van der Waals surface area contributed by atoms with Crippen LogP contribution in [0.15, 0.2) is 28.1 Å². The summed E-state index contributed by atoms with van der Waals surface area (Å²) in [4.78, 5) is 42.3. The number of hydrogen-bond donors (Lipinski definition) is 2. The van der Waals surface area contributed by atoms with E-state index >= 15 is 0 Å². The molecule has 1 aromatic carbocycles. The zero-order chi connectivity index (χ0) is 26.5. The number of aliphatic imine (C=N–C) groups is 1. The number of carbonyl (C=O) groups is 3. The van der Waals surface area contributed by atoms with Gasteiger partial charge in [0.2, 0.25) is 0 Å². The minimum absolute atomic E-state index is 0.0538. The molecule has 0 spiro atoms. The number of halogens is 1. The topological polar surface area (TPSA) is 109 Å². The lowest BCUT2D eigenvalue weighted by Crippen LogP contribution is -2.45. The molecule has 196 valence electrons. The van der Waals surface area contributed by atoms with Gasteiger partial charge in [-0.2, -0.15) is 4.99 Å². The number of esters is 1. The lowest BCUT2D eigenvalue weighted by atomic mass is 10.0. The van der Waals surface area contributed by atoms with E-state index in [0.29, 0.717) is 15.6 Å². The van der Waals surface area contributed by atoms with E-state index < -0.39 is 35.4 Å². The summed E-state index contributed by atoms with van der Waals surface area (Å²) in [7, 11) is 0. The Morgan fingerprint density at radius 3 is 2.69 bits per heavy atom. The summed E-state index contributed by atoms with van der Waals surface area (Å²) in [6.45, 7) is 10.5. The second-order valence-corrected chi connectivity index (χ2v) is 11.0. The van der Waals surface area contributed by atoms with Crippen LogP contribution in [0.5, 0.6) is 5.75 Å². The Labute approximate surface area is 214 Å². The van der Waals surface area contributed by atoms with Crippen LogP contribution in [0.4, 0.5) is 9.18 Å². The van der Waals surface area contributed by atoms with Crippen LogP contribution < -0.4 is 15.5 Å². The number of ether oxygens (including phenoxy) is 2. The van der Waals surface area contributed by atoms with Crippen molar-refractivity contribution < 1.29 is 28.2 Å². The molecule has 36 heavy (non-hydrogen) atoms. The number of nitrogens with zero attached hydrogens (tertiary/aromatic N) is 2. The first-order valence-corrected chi connectivity index (χ1v) is 12.8. The van der Waals surface area contributed by atoms with Crippen LogP contribution in [0.3, 0.4) is 0 Å². The zero-order valence-electron chi connectivity index (χ0n) is 21.2. The van der Waals surface area contributed by atoms with Crippen molar-refractivity contribution in [3.8, 4) is 5.75 Å². The van der Waals surface area contributed by atoms with Gasteiger partial charge < -0.3 is 14.8 Å². The van der Waals surface area contributed by atoms with E-state index in [4.69, 9.17) is 9.47 Å². The summed E-state index contributed by atoms with van der Waals surface area (Å²) < 4.78 is 24.9. The fraction of sp³-hybridized carbons (Fsp3) is 0.520. The van der Waals surface area contributed by atoms with Gasteiger partial charge in [-0.1, -0.05) is 13.8 Å². The predicted octanol–water partition coefficient (Wildman–Crippen LogP) is 4.24. The molecule has 9 nitrogen and oxygen atoms in total. The summed E-state index contributed by atoms with van der Waals surface area (Å²) in [6.07, 6.45) is 3.10. The molecule has 11 heteroatoms. The lowest BCUT2D eigenvalue weighted by molar-refractivity contribution is -0.137. The number of hydrogen-bond acceptors (Lipinski definition) is 8. The van der Waals surface area contributed by atoms with Gasteiger partial charge in [0.05, 0.1) is 4.91 Å². The van der Waals surface area contributed by atoms with E-state index in [1.165, 1.54) is 30.0 Å². The van der Waals surface area contributed by atoms with Gasteiger partial charge in [-0.05, 0) is 75.9 Å². The Morgan fingerprint density at radius 1 is 1.31 bits per heavy atom. The van der Waals surface area contributed by atoms with E-state index in [1.807, 2.05) is 18.9 Å². The maximum Gasteiger partial charge on any atom is 0.408 e. The average molecular weight is 521 g/mol. The summed E-state index contributed by atoms with van der Waals surface area (Å²) in [5.74, 6) is -1.81. The third-order valence-corrected chi connectivity index (χ3v) is 6.11. The smallest absolute Gasteiger partial charge is 0.408 e. The normalized spacial score (nSPS) is 18.3. The number of benzene rings is 1. The number of amidine groups is 1. The van der Waals surface area contributed by atoms with Crippen LogP contribution >= 0.6 is 11.8 Å². The van der Waals surface area contributed by atoms with Crippen LogP contribution in [0, 0.1) is 11.7 Å². The summed E-state index contributed by atoms with van der Waals surface area (Å²) in [6, 6.07) is 2.70. The molecule has 2 N–H and O–H groups in total. The number of rotatable bonds is 6. The fourth-order valence-corrected chi connectivity index (χ4v) is 4.45. The van der Waals surface area contributed by atoms with Gasteiger partial charge in [-0.3, -0.25) is 9.80 Å². The van der Waals surface area contributed by atoms with Gasteiger partial charge in [-0.15, -0.1) is 0 Å². The molecule has 1 fully saturated rings. The van der Waals surface area contributed by atoms with Crippen LogP contribution in [-0.4, -0.2) is 52.9 Å². The molecule has 0 unspecified atom stereocenters. The summed E-state index contributed by atoms with van der Waals surface area (Å²) in [5.41, 5.74) is 2.80. The Hall–Kier alpha value is -2.92. The van der Waals surface area contributed by atoms with Crippen molar-refractivity contribution in [3.63, 3.8) is 0 Å². The van der Waals surface area contributed by atoms with Gasteiger partial charge in [-0.25, -0.2) is 19.4 Å². The van der Waals surface area contributed by atoms with Gasteiger partial charge in [0.15, 0.2) is 5.17 Å². The van der Waals surface area contributed by atoms with Crippen LogP contribution in [0.2, 0.25) is 0 Å². The molecule has 0 radical (unpaired) electrons. The first kappa shape index (κ1) is 27.7. The van der Waals surface area contributed by atoms with E-state index in [9.17, 15) is 18.8 Å². The highest BCUT2D eigenvalue weighted by Gasteiger charge is 2.29. The minimum Gasteiger partial charge on any atom is -0.444 e. The van der Waals surface area contributed by atoms with E-state index in [0.717, 1.165) is 32.0 Å². The van der Waals surface area contributed by atoms with Crippen LogP contribution in [-0.2, 0) is 14.3 Å². The largest absolute Gasteiger partial charge is 0.444 e. The maximum absolute atomic E-state index is 14.1. The molecule has 0 aromatic heterocycles. The van der Waals surface area contributed by atoms with Crippen molar-refractivity contribution in [3.05, 3.63) is 34.5 Å². The first-order valence-electron chi connectivity index (χ1n) is 12.0. The molecule has 0 aliphatic carbocycles. The number of amides is 2. The van der Waals surface area contributed by atoms with Crippen molar-refractivity contribution in [2.45, 2.75) is 65.5 Å².